The van der Waals surface area contributed by atoms with Crippen LogP contribution >= 0.6 is 11.6 Å². The van der Waals surface area contributed by atoms with Gasteiger partial charge in [0.25, 0.3) is 5.91 Å². The molecule has 3 rings (SSSR count). The Hall–Kier alpha value is -2.53. The van der Waals surface area contributed by atoms with Crippen molar-refractivity contribution in [2.24, 2.45) is 0 Å². The Balaban J connectivity index is 2.10. The first kappa shape index (κ1) is 16.3. The number of halogens is 2. The Bertz CT molecular complexity index is 850. The lowest BCUT2D eigenvalue weighted by molar-refractivity contribution is 0.100. The molecule has 0 radical (unpaired) electrons. The molecule has 2 aromatic carbocycles. The summed E-state index contributed by atoms with van der Waals surface area (Å²) in [5.74, 6) is -0.150. The van der Waals surface area contributed by atoms with E-state index in [0.29, 0.717) is 34.9 Å². The van der Waals surface area contributed by atoms with Crippen molar-refractivity contribution >= 4 is 28.9 Å². The molecule has 0 unspecified atom stereocenters. The lowest BCUT2D eigenvalue weighted by atomic mass is 10.1. The Morgan fingerprint density at radius 3 is 2.67 bits per heavy atom. The lowest BCUT2D eigenvalue weighted by Crippen LogP contribution is -2.23. The second-order valence-electron chi connectivity index (χ2n) is 5.17. The fourth-order valence-corrected chi connectivity index (χ4v) is 2.86. The van der Waals surface area contributed by atoms with E-state index in [1.54, 1.807) is 25.1 Å². The van der Waals surface area contributed by atoms with Crippen molar-refractivity contribution in [3.8, 4) is 11.5 Å². The second-order valence-corrected chi connectivity index (χ2v) is 5.57. The number of benzene rings is 2. The van der Waals surface area contributed by atoms with Gasteiger partial charge in [-0.2, -0.15) is 0 Å². The topological polar surface area (TPSA) is 38.8 Å². The van der Waals surface area contributed by atoms with Crippen LogP contribution in [0, 0.1) is 5.82 Å². The summed E-state index contributed by atoms with van der Waals surface area (Å²) in [4.78, 5) is 14.0. The maximum atomic E-state index is 14.4. The SMILES string of the molecule is C=C1c2ccc(OC)cc2C(=O)N1c1cc(OCC)c(Cl)cc1F. The molecule has 0 saturated carbocycles. The minimum absolute atomic E-state index is 0.0491. The van der Waals surface area contributed by atoms with E-state index in [2.05, 4.69) is 6.58 Å². The fraction of sp³-hybridized carbons (Fsp3) is 0.167. The number of anilines is 1. The number of rotatable bonds is 4. The molecular formula is C18H15ClFNO3. The van der Waals surface area contributed by atoms with Crippen LogP contribution in [0.25, 0.3) is 5.70 Å². The summed E-state index contributed by atoms with van der Waals surface area (Å²) >= 11 is 5.98. The first-order valence-corrected chi connectivity index (χ1v) is 7.69. The molecular weight excluding hydrogens is 333 g/mol. The summed E-state index contributed by atoms with van der Waals surface area (Å²) in [5, 5.41) is 0.148. The summed E-state index contributed by atoms with van der Waals surface area (Å²) < 4.78 is 25.0. The van der Waals surface area contributed by atoms with Crippen molar-refractivity contribution in [1.29, 1.82) is 0 Å². The molecule has 0 N–H and O–H groups in total. The molecule has 1 aliphatic rings. The van der Waals surface area contributed by atoms with Crippen LogP contribution < -0.4 is 14.4 Å². The molecule has 2 aromatic rings. The molecule has 24 heavy (non-hydrogen) atoms. The van der Waals surface area contributed by atoms with Gasteiger partial charge < -0.3 is 9.47 Å². The predicted molar refractivity (Wildman–Crippen MR) is 91.4 cm³/mol. The molecule has 0 atom stereocenters. The van der Waals surface area contributed by atoms with Gasteiger partial charge in [0.15, 0.2) is 0 Å². The Morgan fingerprint density at radius 2 is 2.00 bits per heavy atom. The quantitative estimate of drug-likeness (QED) is 0.816. The summed E-state index contributed by atoms with van der Waals surface area (Å²) in [7, 11) is 1.51. The van der Waals surface area contributed by atoms with Crippen LogP contribution in [0.5, 0.6) is 11.5 Å². The van der Waals surface area contributed by atoms with Crippen LogP contribution in [0.4, 0.5) is 10.1 Å². The van der Waals surface area contributed by atoms with Crippen molar-refractivity contribution in [1.82, 2.24) is 0 Å². The molecule has 1 heterocycles. The van der Waals surface area contributed by atoms with Gasteiger partial charge >= 0.3 is 0 Å². The first-order valence-electron chi connectivity index (χ1n) is 7.31. The molecule has 0 fully saturated rings. The molecule has 4 nitrogen and oxygen atoms in total. The van der Waals surface area contributed by atoms with Crippen molar-refractivity contribution < 1.29 is 18.7 Å². The second kappa shape index (κ2) is 6.17. The highest BCUT2D eigenvalue weighted by Crippen LogP contribution is 2.41. The molecule has 0 aromatic heterocycles. The minimum atomic E-state index is -0.627. The molecule has 0 saturated heterocycles. The van der Waals surface area contributed by atoms with E-state index in [1.165, 1.54) is 18.1 Å². The van der Waals surface area contributed by atoms with Crippen LogP contribution in [0.2, 0.25) is 5.02 Å². The van der Waals surface area contributed by atoms with Gasteiger partial charge in [0.05, 0.1) is 35.7 Å². The monoisotopic (exact) mass is 347 g/mol. The van der Waals surface area contributed by atoms with Gasteiger partial charge in [-0.1, -0.05) is 18.2 Å². The van der Waals surface area contributed by atoms with E-state index in [4.69, 9.17) is 21.1 Å². The lowest BCUT2D eigenvalue weighted by Gasteiger charge is -2.19. The number of fused-ring (bicyclic) bond motifs is 1. The molecule has 6 heteroatoms. The van der Waals surface area contributed by atoms with Crippen molar-refractivity contribution in [2.75, 3.05) is 18.6 Å². The molecule has 0 bridgehead atoms. The van der Waals surface area contributed by atoms with Gasteiger partial charge in [-0.3, -0.25) is 9.69 Å². The average Bonchev–Trinajstić information content (AvgIpc) is 2.81. The third kappa shape index (κ3) is 2.51. The average molecular weight is 348 g/mol. The number of hydrogen-bond donors (Lipinski definition) is 0. The van der Waals surface area contributed by atoms with E-state index >= 15 is 0 Å². The first-order chi connectivity index (χ1) is 11.5. The van der Waals surface area contributed by atoms with Crippen molar-refractivity contribution in [3.63, 3.8) is 0 Å². The third-order valence-corrected chi connectivity index (χ3v) is 4.08. The van der Waals surface area contributed by atoms with Gasteiger partial charge in [-0.15, -0.1) is 0 Å². The summed E-state index contributed by atoms with van der Waals surface area (Å²) in [5.41, 5.74) is 1.48. The number of ether oxygens (including phenoxy) is 2. The number of carbonyl (C=O) groups excluding carboxylic acids is 1. The van der Waals surface area contributed by atoms with Crippen LogP contribution in [0.1, 0.15) is 22.8 Å². The largest absolute Gasteiger partial charge is 0.497 e. The van der Waals surface area contributed by atoms with Crippen LogP contribution in [-0.4, -0.2) is 19.6 Å². The zero-order valence-corrected chi connectivity index (χ0v) is 14.0. The van der Waals surface area contributed by atoms with Gasteiger partial charge in [-0.25, -0.2) is 4.39 Å². The van der Waals surface area contributed by atoms with Gasteiger partial charge in [0.1, 0.15) is 17.3 Å². The van der Waals surface area contributed by atoms with E-state index in [-0.39, 0.29) is 16.6 Å². The smallest absolute Gasteiger partial charge is 0.263 e. The highest BCUT2D eigenvalue weighted by molar-refractivity contribution is 6.32. The number of carbonyl (C=O) groups is 1. The summed E-state index contributed by atoms with van der Waals surface area (Å²) in [6.45, 7) is 6.09. The van der Waals surface area contributed by atoms with Gasteiger partial charge in [-0.05, 0) is 31.2 Å². The molecule has 1 aliphatic heterocycles. The van der Waals surface area contributed by atoms with E-state index < -0.39 is 5.82 Å². The zero-order valence-electron chi connectivity index (χ0n) is 13.2. The molecule has 0 aliphatic carbocycles. The minimum Gasteiger partial charge on any atom is -0.497 e. The Labute approximate surface area is 144 Å². The molecule has 1 amide bonds. The third-order valence-electron chi connectivity index (χ3n) is 3.78. The van der Waals surface area contributed by atoms with Crippen molar-refractivity contribution in [3.05, 3.63) is 58.9 Å². The standard InChI is InChI=1S/C18H15ClFNO3/c1-4-24-17-9-16(15(20)8-14(17)19)21-10(2)12-6-5-11(23-3)7-13(12)18(21)22/h5-9H,2,4H2,1,3H3. The van der Waals surface area contributed by atoms with Gasteiger partial charge in [0.2, 0.25) is 0 Å². The normalized spacial score (nSPS) is 13.2. The molecule has 124 valence electrons. The predicted octanol–water partition coefficient (Wildman–Crippen LogP) is 4.52. The molecule has 0 spiro atoms. The zero-order chi connectivity index (χ0) is 17.4. The van der Waals surface area contributed by atoms with Crippen molar-refractivity contribution in [2.45, 2.75) is 6.92 Å². The van der Waals surface area contributed by atoms with Crippen LogP contribution in [0.3, 0.4) is 0 Å². The Kier molecular flexibility index (Phi) is 4.20. The summed E-state index contributed by atoms with van der Waals surface area (Å²) in [6.07, 6.45) is 0. The number of hydrogen-bond acceptors (Lipinski definition) is 3. The maximum absolute atomic E-state index is 14.4. The van der Waals surface area contributed by atoms with Crippen LogP contribution in [-0.2, 0) is 0 Å². The highest BCUT2D eigenvalue weighted by atomic mass is 35.5. The number of amides is 1. The van der Waals surface area contributed by atoms with Gasteiger partial charge in [0, 0.05) is 11.6 Å². The maximum Gasteiger partial charge on any atom is 0.263 e. The Morgan fingerprint density at radius 1 is 1.25 bits per heavy atom. The fourth-order valence-electron chi connectivity index (χ4n) is 2.65. The van der Waals surface area contributed by atoms with E-state index in [0.717, 1.165) is 6.07 Å². The number of methoxy groups -OCH3 is 1. The van der Waals surface area contributed by atoms with E-state index in [1.807, 2.05) is 0 Å². The highest BCUT2D eigenvalue weighted by Gasteiger charge is 2.34. The summed E-state index contributed by atoms with van der Waals surface area (Å²) in [6, 6.07) is 7.61. The van der Waals surface area contributed by atoms with Crippen LogP contribution in [0.15, 0.2) is 36.9 Å². The van der Waals surface area contributed by atoms with E-state index in [9.17, 15) is 9.18 Å². The number of nitrogens with zero attached hydrogens (tertiary/aromatic N) is 1.